The SMILES string of the molecule is CSc1nnc(S[C@H](C(=O)Nc2ccc(Cl)c(C(F)(F)F)c2)c2ccccc2)s1. The lowest BCUT2D eigenvalue weighted by Crippen LogP contribution is -2.19. The second-order valence-electron chi connectivity index (χ2n) is 5.63. The summed E-state index contributed by atoms with van der Waals surface area (Å²) in [6.07, 6.45) is -2.75. The van der Waals surface area contributed by atoms with Crippen LogP contribution in [0.2, 0.25) is 5.02 Å². The smallest absolute Gasteiger partial charge is 0.325 e. The lowest BCUT2D eigenvalue weighted by Gasteiger charge is -2.17. The molecule has 3 rings (SSSR count). The van der Waals surface area contributed by atoms with Crippen LogP contribution in [0.4, 0.5) is 18.9 Å². The number of hydrogen-bond acceptors (Lipinski definition) is 6. The molecule has 0 spiro atoms. The number of carbonyl (C=O) groups excluding carboxylic acids is 1. The van der Waals surface area contributed by atoms with Crippen LogP contribution in [0.3, 0.4) is 0 Å². The van der Waals surface area contributed by atoms with Crippen molar-refractivity contribution in [1.29, 1.82) is 0 Å². The molecule has 0 saturated carbocycles. The Hall–Kier alpha value is -1.75. The number of anilines is 1. The molecule has 2 aromatic carbocycles. The average molecular weight is 476 g/mol. The molecule has 1 N–H and O–H groups in total. The number of thioether (sulfide) groups is 2. The summed E-state index contributed by atoms with van der Waals surface area (Å²) in [5.41, 5.74) is -0.300. The molecule has 1 amide bonds. The molecule has 11 heteroatoms. The maximum Gasteiger partial charge on any atom is 0.417 e. The molecule has 1 atom stereocenters. The molecule has 0 unspecified atom stereocenters. The van der Waals surface area contributed by atoms with E-state index in [0.29, 0.717) is 9.90 Å². The second kappa shape index (κ2) is 9.38. The zero-order chi connectivity index (χ0) is 21.0. The number of hydrogen-bond donors (Lipinski definition) is 1. The summed E-state index contributed by atoms with van der Waals surface area (Å²) < 4.78 is 40.6. The van der Waals surface area contributed by atoms with Crippen LogP contribution in [-0.2, 0) is 11.0 Å². The van der Waals surface area contributed by atoms with Gasteiger partial charge >= 0.3 is 6.18 Å². The summed E-state index contributed by atoms with van der Waals surface area (Å²) in [5, 5.41) is 9.48. The van der Waals surface area contributed by atoms with Crippen molar-refractivity contribution in [3.8, 4) is 0 Å². The van der Waals surface area contributed by atoms with Crippen LogP contribution >= 0.6 is 46.5 Å². The molecule has 1 aromatic heterocycles. The van der Waals surface area contributed by atoms with Gasteiger partial charge in [-0.15, -0.1) is 10.2 Å². The minimum Gasteiger partial charge on any atom is -0.325 e. The Kier molecular flexibility index (Phi) is 7.10. The molecule has 0 bridgehead atoms. The Bertz CT molecular complexity index is 999. The average Bonchev–Trinajstić information content (AvgIpc) is 3.15. The van der Waals surface area contributed by atoms with Crippen LogP contribution in [0.15, 0.2) is 57.2 Å². The Balaban J connectivity index is 1.87. The van der Waals surface area contributed by atoms with Crippen LogP contribution in [0.25, 0.3) is 0 Å². The summed E-state index contributed by atoms with van der Waals surface area (Å²) in [5.74, 6) is -0.474. The fourth-order valence-electron chi connectivity index (χ4n) is 2.36. The first kappa shape index (κ1) is 21.9. The maximum atomic E-state index is 13.1. The fraction of sp³-hybridized carbons (Fsp3) is 0.167. The van der Waals surface area contributed by atoms with E-state index in [9.17, 15) is 18.0 Å². The van der Waals surface area contributed by atoms with E-state index < -0.39 is 27.9 Å². The number of aromatic nitrogens is 2. The first-order chi connectivity index (χ1) is 13.8. The van der Waals surface area contributed by atoms with E-state index in [1.807, 2.05) is 12.3 Å². The number of rotatable bonds is 6. The van der Waals surface area contributed by atoms with E-state index in [2.05, 4.69) is 15.5 Å². The molecule has 3 aromatic rings. The van der Waals surface area contributed by atoms with Gasteiger partial charge in [0, 0.05) is 5.69 Å². The van der Waals surface area contributed by atoms with E-state index >= 15 is 0 Å². The normalized spacial score (nSPS) is 12.6. The zero-order valence-electron chi connectivity index (χ0n) is 14.7. The summed E-state index contributed by atoms with van der Waals surface area (Å²) in [4.78, 5) is 12.9. The molecule has 0 saturated heterocycles. The van der Waals surface area contributed by atoms with Crippen molar-refractivity contribution in [2.45, 2.75) is 20.1 Å². The van der Waals surface area contributed by atoms with Crippen LogP contribution in [0.5, 0.6) is 0 Å². The van der Waals surface area contributed by atoms with Gasteiger partial charge in [-0.2, -0.15) is 13.2 Å². The second-order valence-corrected chi connectivity index (χ2v) is 9.42. The van der Waals surface area contributed by atoms with Crippen molar-refractivity contribution in [2.75, 3.05) is 11.6 Å². The monoisotopic (exact) mass is 475 g/mol. The van der Waals surface area contributed by atoms with Crippen LogP contribution in [0.1, 0.15) is 16.4 Å². The molecule has 0 aliphatic carbocycles. The first-order valence-corrected chi connectivity index (χ1v) is 11.3. The number of alkyl halides is 3. The van der Waals surface area contributed by atoms with Crippen molar-refractivity contribution < 1.29 is 18.0 Å². The lowest BCUT2D eigenvalue weighted by atomic mass is 10.1. The highest BCUT2D eigenvalue weighted by Gasteiger charge is 2.34. The van der Waals surface area contributed by atoms with Crippen LogP contribution < -0.4 is 5.32 Å². The number of amides is 1. The molecule has 0 aliphatic rings. The van der Waals surface area contributed by atoms with Gasteiger partial charge in [0.05, 0.1) is 10.6 Å². The number of halogens is 4. The molecule has 4 nitrogen and oxygen atoms in total. The largest absolute Gasteiger partial charge is 0.417 e. The number of nitrogens with one attached hydrogen (secondary N) is 1. The Labute approximate surface area is 182 Å². The van der Waals surface area contributed by atoms with Crippen molar-refractivity contribution in [3.05, 3.63) is 64.7 Å². The predicted octanol–water partition coefficient (Wildman–Crippen LogP) is 6.40. The predicted molar refractivity (Wildman–Crippen MR) is 112 cm³/mol. The highest BCUT2D eigenvalue weighted by atomic mass is 35.5. The molecule has 0 fully saturated rings. The molecule has 1 heterocycles. The quantitative estimate of drug-likeness (QED) is 0.418. The Morgan fingerprint density at radius 1 is 1.14 bits per heavy atom. The third-order valence-electron chi connectivity index (χ3n) is 3.66. The van der Waals surface area contributed by atoms with Gasteiger partial charge in [-0.05, 0) is 30.0 Å². The van der Waals surface area contributed by atoms with Crippen molar-refractivity contribution in [3.63, 3.8) is 0 Å². The van der Waals surface area contributed by atoms with Gasteiger partial charge in [0.25, 0.3) is 0 Å². The minimum absolute atomic E-state index is 0.00956. The fourth-order valence-corrected chi connectivity index (χ4v) is 5.21. The summed E-state index contributed by atoms with van der Waals surface area (Å²) in [7, 11) is 0. The van der Waals surface area contributed by atoms with Gasteiger partial charge in [-0.25, -0.2) is 0 Å². The minimum atomic E-state index is -4.62. The third kappa shape index (κ3) is 5.65. The highest BCUT2D eigenvalue weighted by Crippen LogP contribution is 2.40. The summed E-state index contributed by atoms with van der Waals surface area (Å²) >= 11 is 9.62. The van der Waals surface area contributed by atoms with Gasteiger partial charge in [0.1, 0.15) is 5.25 Å². The molecule has 29 heavy (non-hydrogen) atoms. The number of nitrogens with zero attached hydrogens (tertiary/aromatic N) is 2. The van der Waals surface area contributed by atoms with Gasteiger partial charge < -0.3 is 5.32 Å². The Morgan fingerprint density at radius 3 is 2.45 bits per heavy atom. The van der Waals surface area contributed by atoms with E-state index in [0.717, 1.165) is 16.5 Å². The van der Waals surface area contributed by atoms with Gasteiger partial charge in [0.2, 0.25) is 5.91 Å². The molecular formula is C18H13ClF3N3OS3. The number of carbonyl (C=O) groups is 1. The zero-order valence-corrected chi connectivity index (χ0v) is 17.9. The molecule has 0 aliphatic heterocycles. The van der Waals surface area contributed by atoms with Crippen molar-refractivity contribution in [1.82, 2.24) is 10.2 Å². The lowest BCUT2D eigenvalue weighted by molar-refractivity contribution is -0.137. The Morgan fingerprint density at radius 2 is 1.83 bits per heavy atom. The van der Waals surface area contributed by atoms with E-state index in [1.165, 1.54) is 40.9 Å². The van der Waals surface area contributed by atoms with E-state index in [4.69, 9.17) is 11.6 Å². The first-order valence-electron chi connectivity index (χ1n) is 8.04. The number of benzene rings is 2. The third-order valence-corrected chi connectivity index (χ3v) is 7.23. The van der Waals surface area contributed by atoms with Gasteiger partial charge in [-0.3, -0.25) is 4.79 Å². The molecule has 152 valence electrons. The van der Waals surface area contributed by atoms with Gasteiger partial charge in [-0.1, -0.05) is 76.8 Å². The summed E-state index contributed by atoms with van der Waals surface area (Å²) in [6.45, 7) is 0. The summed E-state index contributed by atoms with van der Waals surface area (Å²) in [6, 6.07) is 12.2. The van der Waals surface area contributed by atoms with Crippen LogP contribution in [-0.4, -0.2) is 22.4 Å². The topological polar surface area (TPSA) is 54.9 Å². The van der Waals surface area contributed by atoms with Crippen LogP contribution in [0, 0.1) is 0 Å². The molecular weight excluding hydrogens is 463 g/mol. The maximum absolute atomic E-state index is 13.1. The van der Waals surface area contributed by atoms with Crippen molar-refractivity contribution in [2.24, 2.45) is 0 Å². The van der Waals surface area contributed by atoms with Gasteiger partial charge in [0.15, 0.2) is 8.68 Å². The van der Waals surface area contributed by atoms with Crippen molar-refractivity contribution >= 4 is 58.1 Å². The van der Waals surface area contributed by atoms with E-state index in [1.54, 1.807) is 24.3 Å². The van der Waals surface area contributed by atoms with E-state index in [-0.39, 0.29) is 5.69 Å². The molecule has 0 radical (unpaired) electrons. The standard InChI is InChI=1S/C18H13ClF3N3OS3/c1-27-16-24-25-17(29-16)28-14(10-5-3-2-4-6-10)15(26)23-11-7-8-13(19)12(9-11)18(20,21)22/h2-9,14H,1H3,(H,23,26)/t14-/m0/s1. The highest BCUT2D eigenvalue weighted by molar-refractivity contribution is 8.03.